The van der Waals surface area contributed by atoms with Gasteiger partial charge in [0.05, 0.1) is 29.2 Å². The highest BCUT2D eigenvalue weighted by atomic mass is 16.5. The van der Waals surface area contributed by atoms with E-state index in [1.54, 1.807) is 28.9 Å². The third-order valence-corrected chi connectivity index (χ3v) is 4.22. The summed E-state index contributed by atoms with van der Waals surface area (Å²) >= 11 is 0. The summed E-state index contributed by atoms with van der Waals surface area (Å²) < 4.78 is 6.83. The van der Waals surface area contributed by atoms with E-state index in [9.17, 15) is 9.59 Å². The van der Waals surface area contributed by atoms with Crippen LogP contribution >= 0.6 is 0 Å². The van der Waals surface area contributed by atoms with Gasteiger partial charge in [-0.3, -0.25) is 9.59 Å². The second-order valence-electron chi connectivity index (χ2n) is 6.42. The second kappa shape index (κ2) is 8.39. The fourth-order valence-corrected chi connectivity index (χ4v) is 2.89. The monoisotopic (exact) mass is 378 g/mol. The number of nitrogen functional groups attached to an aromatic ring is 1. The van der Waals surface area contributed by atoms with E-state index in [2.05, 4.69) is 10.4 Å². The number of amides is 1. The smallest absolute Gasteiger partial charge is 0.310 e. The predicted molar refractivity (Wildman–Crippen MR) is 107 cm³/mol. The van der Waals surface area contributed by atoms with Crippen molar-refractivity contribution in [1.29, 1.82) is 0 Å². The molecule has 0 bridgehead atoms. The fraction of sp³-hybridized carbons (Fsp3) is 0.190. The summed E-state index contributed by atoms with van der Waals surface area (Å²) in [6.07, 6.45) is 0.0579. The van der Waals surface area contributed by atoms with Crippen LogP contribution in [0.25, 0.3) is 5.69 Å². The van der Waals surface area contributed by atoms with Crippen LogP contribution in [-0.4, -0.2) is 28.3 Å². The average Bonchev–Trinajstić information content (AvgIpc) is 2.95. The van der Waals surface area contributed by atoms with Gasteiger partial charge in [0.15, 0.2) is 6.61 Å². The number of aryl methyl sites for hydroxylation is 1. The quantitative estimate of drug-likeness (QED) is 0.508. The predicted octanol–water partition coefficient (Wildman–Crippen LogP) is 2.80. The van der Waals surface area contributed by atoms with Crippen LogP contribution in [0, 0.1) is 13.8 Å². The van der Waals surface area contributed by atoms with Gasteiger partial charge in [-0.2, -0.15) is 5.10 Å². The lowest BCUT2D eigenvalue weighted by Crippen LogP contribution is -2.22. The van der Waals surface area contributed by atoms with Crippen LogP contribution < -0.4 is 11.1 Å². The highest BCUT2D eigenvalue weighted by Gasteiger charge is 2.16. The minimum absolute atomic E-state index is 0.0579. The summed E-state index contributed by atoms with van der Waals surface area (Å²) in [6, 6.07) is 16.6. The molecule has 3 rings (SSSR count). The van der Waals surface area contributed by atoms with Gasteiger partial charge in [-0.05, 0) is 43.7 Å². The maximum atomic E-state index is 12.2. The number of hydrogen-bond acceptors (Lipinski definition) is 5. The molecule has 0 radical (unpaired) electrons. The van der Waals surface area contributed by atoms with Gasteiger partial charge >= 0.3 is 5.97 Å². The van der Waals surface area contributed by atoms with Crippen LogP contribution in [0.1, 0.15) is 17.0 Å². The maximum absolute atomic E-state index is 12.2. The van der Waals surface area contributed by atoms with Gasteiger partial charge in [0, 0.05) is 5.69 Å². The van der Waals surface area contributed by atoms with Gasteiger partial charge < -0.3 is 15.8 Å². The van der Waals surface area contributed by atoms with Crippen LogP contribution in [0.5, 0.6) is 0 Å². The molecule has 1 aromatic heterocycles. The molecular formula is C21H22N4O3. The Labute approximate surface area is 163 Å². The summed E-state index contributed by atoms with van der Waals surface area (Å²) in [7, 11) is 0. The molecular weight excluding hydrogens is 356 g/mol. The Morgan fingerprint density at radius 1 is 1.11 bits per heavy atom. The number of hydrogen-bond donors (Lipinski definition) is 2. The minimum atomic E-state index is -0.492. The van der Waals surface area contributed by atoms with Gasteiger partial charge in [-0.25, -0.2) is 4.68 Å². The standard InChI is InChI=1S/C21H22N4O3/c1-14-21(15(2)25(24-14)18-9-4-3-5-10-18)23-19(26)13-28-20(27)12-16-7-6-8-17(22)11-16/h3-11H,12-13,22H2,1-2H3,(H,23,26). The number of rotatable bonds is 6. The number of nitrogens with zero attached hydrogens (tertiary/aromatic N) is 2. The Morgan fingerprint density at radius 2 is 1.86 bits per heavy atom. The largest absolute Gasteiger partial charge is 0.455 e. The normalized spacial score (nSPS) is 10.5. The average molecular weight is 378 g/mol. The maximum Gasteiger partial charge on any atom is 0.310 e. The van der Waals surface area contributed by atoms with E-state index in [0.29, 0.717) is 17.1 Å². The first-order valence-corrected chi connectivity index (χ1v) is 8.85. The molecule has 0 unspecified atom stereocenters. The lowest BCUT2D eigenvalue weighted by Gasteiger charge is -2.08. The van der Waals surface area contributed by atoms with Crippen molar-refractivity contribution in [2.75, 3.05) is 17.7 Å². The number of para-hydroxylation sites is 1. The number of anilines is 2. The number of nitrogens with one attached hydrogen (secondary N) is 1. The van der Waals surface area contributed by atoms with Crippen molar-refractivity contribution in [3.05, 3.63) is 71.5 Å². The molecule has 3 aromatic rings. The van der Waals surface area contributed by atoms with E-state index in [0.717, 1.165) is 16.9 Å². The summed E-state index contributed by atoms with van der Waals surface area (Å²) in [5.74, 6) is -0.908. The fourth-order valence-electron chi connectivity index (χ4n) is 2.89. The van der Waals surface area contributed by atoms with Gasteiger partial charge in [0.25, 0.3) is 5.91 Å². The molecule has 7 heteroatoms. The van der Waals surface area contributed by atoms with Crippen molar-refractivity contribution in [3.8, 4) is 5.69 Å². The van der Waals surface area contributed by atoms with Gasteiger partial charge in [0.2, 0.25) is 0 Å². The molecule has 0 saturated heterocycles. The van der Waals surface area contributed by atoms with Crippen molar-refractivity contribution in [1.82, 2.24) is 9.78 Å². The molecule has 0 saturated carbocycles. The van der Waals surface area contributed by atoms with Crippen LogP contribution in [0.2, 0.25) is 0 Å². The molecule has 1 amide bonds. The van der Waals surface area contributed by atoms with E-state index >= 15 is 0 Å². The number of nitrogens with two attached hydrogens (primary N) is 1. The third-order valence-electron chi connectivity index (χ3n) is 4.22. The molecule has 2 aromatic carbocycles. The molecule has 3 N–H and O–H groups in total. The van der Waals surface area contributed by atoms with Crippen molar-refractivity contribution < 1.29 is 14.3 Å². The zero-order valence-electron chi connectivity index (χ0n) is 15.8. The Hall–Kier alpha value is -3.61. The molecule has 144 valence electrons. The molecule has 1 heterocycles. The summed E-state index contributed by atoms with van der Waals surface area (Å²) in [6.45, 7) is 3.32. The first kappa shape index (κ1) is 19.2. The van der Waals surface area contributed by atoms with Crippen molar-refractivity contribution in [2.24, 2.45) is 0 Å². The second-order valence-corrected chi connectivity index (χ2v) is 6.42. The van der Waals surface area contributed by atoms with E-state index in [1.165, 1.54) is 0 Å². The number of benzene rings is 2. The minimum Gasteiger partial charge on any atom is -0.455 e. The highest BCUT2D eigenvalue weighted by Crippen LogP contribution is 2.22. The number of ether oxygens (including phenoxy) is 1. The van der Waals surface area contributed by atoms with Crippen molar-refractivity contribution in [3.63, 3.8) is 0 Å². The molecule has 0 spiro atoms. The van der Waals surface area contributed by atoms with E-state index in [1.807, 2.05) is 44.2 Å². The summed E-state index contributed by atoms with van der Waals surface area (Å²) in [4.78, 5) is 24.2. The molecule has 0 aliphatic rings. The van der Waals surface area contributed by atoms with E-state index < -0.39 is 11.9 Å². The van der Waals surface area contributed by atoms with Crippen LogP contribution in [-0.2, 0) is 20.7 Å². The van der Waals surface area contributed by atoms with Gasteiger partial charge in [-0.1, -0.05) is 30.3 Å². The number of carbonyl (C=O) groups is 2. The Balaban J connectivity index is 1.59. The topological polar surface area (TPSA) is 99.2 Å². The van der Waals surface area contributed by atoms with Crippen LogP contribution in [0.15, 0.2) is 54.6 Å². The summed E-state index contributed by atoms with van der Waals surface area (Å²) in [5.41, 5.74) is 9.99. The molecule has 0 atom stereocenters. The zero-order valence-corrected chi connectivity index (χ0v) is 15.8. The number of aromatic nitrogens is 2. The highest BCUT2D eigenvalue weighted by molar-refractivity contribution is 5.94. The van der Waals surface area contributed by atoms with Crippen molar-refractivity contribution in [2.45, 2.75) is 20.3 Å². The van der Waals surface area contributed by atoms with Crippen LogP contribution in [0.3, 0.4) is 0 Å². The van der Waals surface area contributed by atoms with Gasteiger partial charge in [0.1, 0.15) is 0 Å². The zero-order chi connectivity index (χ0) is 20.1. The Morgan fingerprint density at radius 3 is 2.57 bits per heavy atom. The number of carbonyl (C=O) groups excluding carboxylic acids is 2. The Kier molecular flexibility index (Phi) is 5.74. The SMILES string of the molecule is Cc1nn(-c2ccccc2)c(C)c1NC(=O)COC(=O)Cc1cccc(N)c1. The molecule has 0 fully saturated rings. The lowest BCUT2D eigenvalue weighted by atomic mass is 10.1. The first-order valence-electron chi connectivity index (χ1n) is 8.85. The lowest BCUT2D eigenvalue weighted by molar-refractivity contribution is -0.146. The Bertz CT molecular complexity index is 996. The van der Waals surface area contributed by atoms with Gasteiger partial charge in [-0.15, -0.1) is 0 Å². The molecule has 7 nitrogen and oxygen atoms in total. The summed E-state index contributed by atoms with van der Waals surface area (Å²) in [5, 5.41) is 7.25. The molecule has 0 aliphatic carbocycles. The van der Waals surface area contributed by atoms with E-state index in [-0.39, 0.29) is 13.0 Å². The number of esters is 1. The van der Waals surface area contributed by atoms with Crippen LogP contribution in [0.4, 0.5) is 11.4 Å². The molecule has 28 heavy (non-hydrogen) atoms. The molecule has 0 aliphatic heterocycles. The van der Waals surface area contributed by atoms with Crippen molar-refractivity contribution >= 4 is 23.3 Å². The first-order chi connectivity index (χ1) is 13.4. The van der Waals surface area contributed by atoms with E-state index in [4.69, 9.17) is 10.5 Å². The third kappa shape index (κ3) is 4.56.